The lowest BCUT2D eigenvalue weighted by molar-refractivity contribution is 0.660. The smallest absolute Gasteiger partial charge is 0.159 e. The number of benzene rings is 20. The van der Waals surface area contributed by atoms with Crippen LogP contribution in [0.15, 0.2) is 470 Å². The zero-order valence-corrected chi connectivity index (χ0v) is 77.2. The lowest BCUT2D eigenvalue weighted by Gasteiger charge is -2.30. The van der Waals surface area contributed by atoms with Crippen LogP contribution in [0.25, 0.3) is 142 Å². The zero-order valence-electron chi connectivity index (χ0n) is 76.4. The lowest BCUT2D eigenvalue weighted by atomic mass is 9.82. The molecule has 3 aliphatic carbocycles. The Morgan fingerprint density at radius 2 is 0.566 bits per heavy atom. The summed E-state index contributed by atoms with van der Waals surface area (Å²) in [6.07, 6.45) is 0. The standard InChI is InChI=1S/C69H54N2O.C60H40N2OS/c1-67(2)57-28-16-13-24-50(57)53-39-46(33-35-60(53)67)70(44-20-9-7-10-21-44)48-41-56-55-38-43(49-27-19-31-62-65(49)52-26-15-18-30-59(52)69(62,5)6)32-37-64(55)72-66(56)63(42-48)71(45-22-11-8-12-23-45)47-34-36-61-54(40-47)51-25-14-17-29-58(51)68(61,3)4;1-5-16-41(17-6-1)43-28-33-48(34-29-43)61(46-20-9-3-10-21-46)50-39-54-53-38-45(51-25-15-27-57-59(51)52-24-13-14-26-56(52)63-57)32-37-58(53)64-60(54)55(40-50)62(47-22-11-4-12-23-47)49-35-30-44(31-36-49)42-18-7-2-8-19-42/h7-42H,1-6H3;1-40H. The first kappa shape index (κ1) is 81.4. The summed E-state index contributed by atoms with van der Waals surface area (Å²) in [5, 5.41) is 6.80. The van der Waals surface area contributed by atoms with Crippen molar-refractivity contribution in [3.63, 3.8) is 0 Å². The van der Waals surface area contributed by atoms with Gasteiger partial charge in [0.15, 0.2) is 5.58 Å². The number of furan rings is 2. The van der Waals surface area contributed by atoms with Gasteiger partial charge in [-0.15, -0.1) is 11.3 Å². The van der Waals surface area contributed by atoms with Crippen LogP contribution in [0.1, 0.15) is 74.9 Å². The maximum Gasteiger partial charge on any atom is 0.159 e. The molecule has 7 heteroatoms. The Morgan fingerprint density at radius 1 is 0.199 bits per heavy atom. The highest BCUT2D eigenvalue weighted by Crippen LogP contribution is 2.59. The fraction of sp³-hybridized carbons (Fsp3) is 0.0698. The van der Waals surface area contributed by atoms with Crippen LogP contribution in [-0.4, -0.2) is 0 Å². The topological polar surface area (TPSA) is 39.2 Å². The van der Waals surface area contributed by atoms with Crippen molar-refractivity contribution in [1.82, 2.24) is 0 Å². The van der Waals surface area contributed by atoms with Gasteiger partial charge >= 0.3 is 0 Å². The quantitative estimate of drug-likeness (QED) is 0.0960. The average molecular weight is 1760 g/mol. The number of thiophene rings is 1. The number of anilines is 12. The molecule has 23 aromatic rings. The van der Waals surface area contributed by atoms with Crippen LogP contribution in [0.2, 0.25) is 0 Å². The zero-order chi connectivity index (χ0) is 91.1. The van der Waals surface area contributed by atoms with Gasteiger partial charge in [0, 0.05) is 110 Å². The van der Waals surface area contributed by atoms with Crippen molar-refractivity contribution >= 4 is 144 Å². The van der Waals surface area contributed by atoms with Gasteiger partial charge < -0.3 is 28.4 Å². The SMILES string of the molecule is CC1(C)c2ccccc2-c2cc(N(c3ccccc3)c3cc(N(c4ccccc4)c4ccc5c(c4)-c4ccccc4C5(C)C)c4oc5ccc(-c6cccc7c6-c6ccccc6C7(C)C)cc5c4c3)ccc21.c1ccc(-c2ccc(N(c3ccccc3)c3cc(N(c4ccccc4)c4ccc(-c5ccccc5)cc4)c4sc5ccc(-c6cccc7oc8ccccc8c67)cc5c4c3)cc2)cc1. The molecule has 0 N–H and O–H groups in total. The van der Waals surface area contributed by atoms with E-state index in [-0.39, 0.29) is 16.2 Å². The number of hydrogen-bond donors (Lipinski definition) is 0. The van der Waals surface area contributed by atoms with E-state index < -0.39 is 0 Å². The summed E-state index contributed by atoms with van der Waals surface area (Å²) in [5.74, 6) is 0. The maximum absolute atomic E-state index is 7.27. The molecule has 3 heterocycles. The fourth-order valence-electron chi connectivity index (χ4n) is 22.2. The minimum Gasteiger partial charge on any atom is -0.456 e. The molecule has 6 nitrogen and oxygen atoms in total. The molecular weight excluding hydrogens is 1670 g/mol. The van der Waals surface area contributed by atoms with Crippen LogP contribution in [0.4, 0.5) is 68.2 Å². The number of nitrogens with zero attached hydrogens (tertiary/aromatic N) is 4. The van der Waals surface area contributed by atoms with Gasteiger partial charge in [0.1, 0.15) is 16.7 Å². The van der Waals surface area contributed by atoms with Crippen LogP contribution in [-0.2, 0) is 16.2 Å². The monoisotopic (exact) mass is 1760 g/mol. The molecule has 0 unspecified atom stereocenters. The van der Waals surface area contributed by atoms with E-state index >= 15 is 0 Å². The Labute approximate surface area is 796 Å². The Morgan fingerprint density at radius 3 is 1.15 bits per heavy atom. The normalized spacial score (nSPS) is 13.2. The third-order valence-corrected chi connectivity index (χ3v) is 30.1. The molecule has 3 aromatic heterocycles. The minimum absolute atomic E-state index is 0.106. The lowest BCUT2D eigenvalue weighted by Crippen LogP contribution is -2.16. The van der Waals surface area contributed by atoms with E-state index in [4.69, 9.17) is 8.83 Å². The van der Waals surface area contributed by atoms with Gasteiger partial charge in [0.25, 0.3) is 0 Å². The minimum atomic E-state index is -0.121. The highest BCUT2D eigenvalue weighted by molar-refractivity contribution is 7.26. The second-order valence-corrected chi connectivity index (χ2v) is 38.8. The molecule has 0 radical (unpaired) electrons. The highest BCUT2D eigenvalue weighted by Gasteiger charge is 2.40. The molecule has 0 bridgehead atoms. The molecule has 0 saturated carbocycles. The van der Waals surface area contributed by atoms with Gasteiger partial charge in [-0.1, -0.05) is 345 Å². The number of rotatable bonds is 16. The van der Waals surface area contributed by atoms with Gasteiger partial charge in [-0.2, -0.15) is 0 Å². The van der Waals surface area contributed by atoms with Crippen molar-refractivity contribution in [2.75, 3.05) is 19.6 Å². The summed E-state index contributed by atoms with van der Waals surface area (Å²) in [4.78, 5) is 9.67. The van der Waals surface area contributed by atoms with Crippen molar-refractivity contribution in [2.24, 2.45) is 0 Å². The van der Waals surface area contributed by atoms with Gasteiger partial charge in [-0.05, 0) is 269 Å². The Balaban J connectivity index is 0.000000146. The Kier molecular flexibility index (Phi) is 19.4. The van der Waals surface area contributed by atoms with E-state index in [9.17, 15) is 0 Å². The van der Waals surface area contributed by atoms with Crippen LogP contribution < -0.4 is 19.6 Å². The maximum atomic E-state index is 7.27. The second kappa shape index (κ2) is 32.4. The number of hydrogen-bond acceptors (Lipinski definition) is 7. The van der Waals surface area contributed by atoms with Crippen molar-refractivity contribution in [3.05, 3.63) is 494 Å². The molecule has 3 aliphatic rings. The first-order valence-electron chi connectivity index (χ1n) is 47.1. The van der Waals surface area contributed by atoms with E-state index in [0.29, 0.717) is 0 Å². The van der Waals surface area contributed by atoms with E-state index in [1.807, 2.05) is 17.4 Å². The van der Waals surface area contributed by atoms with Crippen molar-refractivity contribution in [2.45, 2.75) is 57.8 Å². The molecule has 648 valence electrons. The molecule has 0 atom stereocenters. The van der Waals surface area contributed by atoms with Gasteiger partial charge in [-0.25, -0.2) is 0 Å². The van der Waals surface area contributed by atoms with Gasteiger partial charge in [-0.3, -0.25) is 0 Å². The summed E-state index contributed by atoms with van der Waals surface area (Å²) >= 11 is 1.85. The van der Waals surface area contributed by atoms with E-state index in [1.54, 1.807) is 0 Å². The van der Waals surface area contributed by atoms with Crippen LogP contribution in [0.5, 0.6) is 0 Å². The summed E-state index contributed by atoms with van der Waals surface area (Å²) in [5.41, 5.74) is 41.3. The molecule has 136 heavy (non-hydrogen) atoms. The van der Waals surface area contributed by atoms with Gasteiger partial charge in [0.2, 0.25) is 0 Å². The second-order valence-electron chi connectivity index (χ2n) is 37.8. The third kappa shape index (κ3) is 13.5. The first-order chi connectivity index (χ1) is 66.7. The summed E-state index contributed by atoms with van der Waals surface area (Å²) in [6, 6.07) is 168. The molecule has 0 fully saturated rings. The van der Waals surface area contributed by atoms with Gasteiger partial charge in [0.05, 0.1) is 16.1 Å². The van der Waals surface area contributed by atoms with E-state index in [1.165, 1.54) is 120 Å². The van der Waals surface area contributed by atoms with E-state index in [2.05, 4.69) is 516 Å². The molecule has 0 aliphatic heterocycles. The fourth-order valence-corrected chi connectivity index (χ4v) is 23.4. The van der Waals surface area contributed by atoms with Crippen molar-refractivity contribution in [1.29, 1.82) is 0 Å². The predicted molar refractivity (Wildman–Crippen MR) is 573 cm³/mol. The third-order valence-electron chi connectivity index (χ3n) is 28.9. The summed E-state index contributed by atoms with van der Waals surface area (Å²) in [6.45, 7) is 14.1. The molecule has 0 spiro atoms. The van der Waals surface area contributed by atoms with Crippen LogP contribution in [0, 0.1) is 0 Å². The Hall–Kier alpha value is -16.6. The van der Waals surface area contributed by atoms with Crippen molar-refractivity contribution in [3.8, 4) is 77.9 Å². The number of fused-ring (bicyclic) bond motifs is 18. The van der Waals surface area contributed by atoms with Crippen LogP contribution >= 0.6 is 11.3 Å². The van der Waals surface area contributed by atoms with E-state index in [0.717, 1.165) is 123 Å². The first-order valence-corrected chi connectivity index (χ1v) is 47.9. The average Bonchev–Trinajstić information content (AvgIpc) is 1.57. The molecule has 26 rings (SSSR count). The molecule has 0 saturated heterocycles. The predicted octanol–water partition coefficient (Wildman–Crippen LogP) is 37.0. The molecular formula is C129H94N4O2S. The van der Waals surface area contributed by atoms with Crippen LogP contribution in [0.3, 0.4) is 0 Å². The van der Waals surface area contributed by atoms with Crippen molar-refractivity contribution < 1.29 is 8.83 Å². The largest absolute Gasteiger partial charge is 0.456 e. The molecule has 20 aromatic carbocycles. The highest BCUT2D eigenvalue weighted by atomic mass is 32.1. The Bertz CT molecular complexity index is 8620. The molecule has 0 amide bonds. The summed E-state index contributed by atoms with van der Waals surface area (Å²) < 4.78 is 16.1. The summed E-state index contributed by atoms with van der Waals surface area (Å²) in [7, 11) is 0. The number of para-hydroxylation sites is 5.